The average molecular weight is 446 g/mol. The van der Waals surface area contributed by atoms with E-state index in [1.807, 2.05) is 44.2 Å². The van der Waals surface area contributed by atoms with Gasteiger partial charge < -0.3 is 20.3 Å². The van der Waals surface area contributed by atoms with Gasteiger partial charge >= 0.3 is 6.09 Å². The molecule has 0 spiro atoms. The van der Waals surface area contributed by atoms with Gasteiger partial charge in [-0.05, 0) is 45.1 Å². The monoisotopic (exact) mass is 445 g/mol. The van der Waals surface area contributed by atoms with Crippen molar-refractivity contribution in [1.29, 1.82) is 0 Å². The Labute approximate surface area is 192 Å². The fourth-order valence-electron chi connectivity index (χ4n) is 4.01. The molecule has 2 rings (SSSR count). The van der Waals surface area contributed by atoms with E-state index in [0.717, 1.165) is 31.2 Å². The van der Waals surface area contributed by atoms with Crippen LogP contribution in [0, 0.1) is 5.92 Å². The molecule has 3 amide bonds. The molecule has 2 N–H and O–H groups in total. The topological polar surface area (TPSA) is 87.7 Å². The van der Waals surface area contributed by atoms with Crippen LogP contribution in [0.1, 0.15) is 78.3 Å². The quantitative estimate of drug-likeness (QED) is 0.659. The van der Waals surface area contributed by atoms with E-state index in [-0.39, 0.29) is 23.8 Å². The van der Waals surface area contributed by atoms with Crippen molar-refractivity contribution in [3.63, 3.8) is 0 Å². The number of carbonyl (C=O) groups excluding carboxylic acids is 3. The van der Waals surface area contributed by atoms with Gasteiger partial charge in [-0.25, -0.2) is 4.79 Å². The van der Waals surface area contributed by atoms with E-state index >= 15 is 0 Å². The molecule has 0 heterocycles. The Bertz CT molecular complexity index is 767. The molecule has 0 saturated heterocycles. The van der Waals surface area contributed by atoms with Crippen molar-refractivity contribution in [3.8, 4) is 0 Å². The summed E-state index contributed by atoms with van der Waals surface area (Å²) in [5, 5.41) is 5.84. The maximum Gasteiger partial charge on any atom is 0.408 e. The van der Waals surface area contributed by atoms with E-state index in [1.165, 1.54) is 11.3 Å². The van der Waals surface area contributed by atoms with Gasteiger partial charge in [0.1, 0.15) is 17.7 Å². The summed E-state index contributed by atoms with van der Waals surface area (Å²) in [7, 11) is 1.62. The van der Waals surface area contributed by atoms with Crippen molar-refractivity contribution in [2.75, 3.05) is 7.05 Å². The maximum atomic E-state index is 13.5. The smallest absolute Gasteiger partial charge is 0.408 e. The highest BCUT2D eigenvalue weighted by Gasteiger charge is 2.36. The van der Waals surface area contributed by atoms with Gasteiger partial charge in [-0.3, -0.25) is 9.59 Å². The van der Waals surface area contributed by atoms with E-state index in [2.05, 4.69) is 10.6 Å². The second-order valence-corrected chi connectivity index (χ2v) is 9.97. The summed E-state index contributed by atoms with van der Waals surface area (Å²) >= 11 is 0. The van der Waals surface area contributed by atoms with Crippen LogP contribution in [-0.2, 0) is 14.3 Å². The van der Waals surface area contributed by atoms with Crippen LogP contribution < -0.4 is 10.6 Å². The standard InChI is InChI=1S/C25H39N3O4/c1-17(2)20(27-24(31)32-25(3,4)5)23(30)28(6)21(18-13-9-7-10-14-18)22(29)26-19-15-11-8-12-16-19/h7,9-10,13-14,17,19-21H,8,11-12,15-16H2,1-6H3,(H,26,29)(H,27,31). The molecule has 0 aromatic heterocycles. The van der Waals surface area contributed by atoms with Crippen molar-refractivity contribution in [1.82, 2.24) is 15.5 Å². The third kappa shape index (κ3) is 7.53. The van der Waals surface area contributed by atoms with Gasteiger partial charge in [-0.1, -0.05) is 63.4 Å². The van der Waals surface area contributed by atoms with Crippen molar-refractivity contribution in [2.45, 2.75) is 90.4 Å². The fraction of sp³-hybridized carbons (Fsp3) is 0.640. The molecule has 1 aliphatic rings. The third-order valence-electron chi connectivity index (χ3n) is 5.66. The summed E-state index contributed by atoms with van der Waals surface area (Å²) in [5.41, 5.74) is 0.0592. The van der Waals surface area contributed by atoms with Crippen LogP contribution in [0.25, 0.3) is 0 Å². The number of nitrogens with one attached hydrogen (secondary N) is 2. The Hall–Kier alpha value is -2.57. The van der Waals surface area contributed by atoms with Gasteiger partial charge in [0.25, 0.3) is 0 Å². The zero-order valence-electron chi connectivity index (χ0n) is 20.3. The SMILES string of the molecule is CC(C)C(NC(=O)OC(C)(C)C)C(=O)N(C)C(C(=O)NC1CCCCC1)c1ccccc1. The molecule has 1 aromatic rings. The first-order valence-electron chi connectivity index (χ1n) is 11.6. The number of amides is 3. The van der Waals surface area contributed by atoms with Crippen LogP contribution in [0.4, 0.5) is 4.79 Å². The van der Waals surface area contributed by atoms with Gasteiger partial charge in [0.05, 0.1) is 0 Å². The largest absolute Gasteiger partial charge is 0.444 e. The van der Waals surface area contributed by atoms with E-state index in [0.29, 0.717) is 0 Å². The van der Waals surface area contributed by atoms with Gasteiger partial charge in [0.2, 0.25) is 11.8 Å². The molecule has 2 atom stereocenters. The first-order valence-corrected chi connectivity index (χ1v) is 11.6. The number of alkyl carbamates (subject to hydrolysis) is 1. The summed E-state index contributed by atoms with van der Waals surface area (Å²) in [4.78, 5) is 40.6. The number of benzene rings is 1. The van der Waals surface area contributed by atoms with Crippen molar-refractivity contribution in [3.05, 3.63) is 35.9 Å². The van der Waals surface area contributed by atoms with Gasteiger partial charge in [-0.2, -0.15) is 0 Å². The van der Waals surface area contributed by atoms with Crippen LogP contribution in [0.5, 0.6) is 0 Å². The predicted molar refractivity (Wildman–Crippen MR) is 125 cm³/mol. The van der Waals surface area contributed by atoms with Crippen molar-refractivity contribution in [2.24, 2.45) is 5.92 Å². The summed E-state index contributed by atoms with van der Waals surface area (Å²) in [6, 6.07) is 7.81. The van der Waals surface area contributed by atoms with E-state index in [9.17, 15) is 14.4 Å². The Morgan fingerprint density at radius 2 is 1.62 bits per heavy atom. The summed E-state index contributed by atoms with van der Waals surface area (Å²) < 4.78 is 5.34. The lowest BCUT2D eigenvalue weighted by Gasteiger charge is -2.34. The molecule has 0 aliphatic heterocycles. The summed E-state index contributed by atoms with van der Waals surface area (Å²) in [6.45, 7) is 9.02. The lowest BCUT2D eigenvalue weighted by molar-refractivity contribution is -0.142. The van der Waals surface area contributed by atoms with E-state index in [1.54, 1.807) is 27.8 Å². The minimum atomic E-state index is -0.816. The number of carbonyl (C=O) groups is 3. The second kappa shape index (κ2) is 11.3. The number of ether oxygens (including phenoxy) is 1. The number of likely N-dealkylation sites (N-methyl/N-ethyl adjacent to an activating group) is 1. The Morgan fingerprint density at radius 1 is 1.03 bits per heavy atom. The van der Waals surface area contributed by atoms with Crippen LogP contribution in [0.3, 0.4) is 0 Å². The van der Waals surface area contributed by atoms with Crippen molar-refractivity contribution >= 4 is 17.9 Å². The molecule has 7 heteroatoms. The van der Waals surface area contributed by atoms with Crippen LogP contribution in [-0.4, -0.2) is 47.5 Å². The summed E-state index contributed by atoms with van der Waals surface area (Å²) in [6.07, 6.45) is 4.66. The highest BCUT2D eigenvalue weighted by molar-refractivity contribution is 5.92. The molecule has 1 aromatic carbocycles. The molecule has 1 fully saturated rings. The van der Waals surface area contributed by atoms with Gasteiger partial charge in [0.15, 0.2) is 0 Å². The molecule has 0 radical (unpaired) electrons. The van der Waals surface area contributed by atoms with Crippen LogP contribution in [0.2, 0.25) is 0 Å². The molecule has 178 valence electrons. The molecule has 2 unspecified atom stereocenters. The summed E-state index contributed by atoms with van der Waals surface area (Å²) in [5.74, 6) is -0.715. The molecular formula is C25H39N3O4. The van der Waals surface area contributed by atoms with E-state index in [4.69, 9.17) is 4.74 Å². The lowest BCUT2D eigenvalue weighted by atomic mass is 9.94. The van der Waals surface area contributed by atoms with Crippen molar-refractivity contribution < 1.29 is 19.1 Å². The third-order valence-corrected chi connectivity index (χ3v) is 5.66. The zero-order valence-corrected chi connectivity index (χ0v) is 20.3. The highest BCUT2D eigenvalue weighted by atomic mass is 16.6. The molecule has 7 nitrogen and oxygen atoms in total. The minimum absolute atomic E-state index is 0.131. The van der Waals surface area contributed by atoms with E-state index < -0.39 is 23.8 Å². The molecular weight excluding hydrogens is 406 g/mol. The first kappa shape index (κ1) is 25.7. The normalized spacial score (nSPS) is 16.7. The predicted octanol–water partition coefficient (Wildman–Crippen LogP) is 4.18. The maximum absolute atomic E-state index is 13.5. The average Bonchev–Trinajstić information content (AvgIpc) is 2.71. The van der Waals surface area contributed by atoms with Gasteiger partial charge in [0, 0.05) is 13.1 Å². The highest BCUT2D eigenvalue weighted by Crippen LogP contribution is 2.24. The van der Waals surface area contributed by atoms with Crippen LogP contribution >= 0.6 is 0 Å². The number of rotatable bonds is 7. The minimum Gasteiger partial charge on any atom is -0.444 e. The number of hydrogen-bond donors (Lipinski definition) is 2. The Balaban J connectivity index is 2.23. The Kier molecular flexibility index (Phi) is 9.10. The molecule has 0 bridgehead atoms. The fourth-order valence-corrected chi connectivity index (χ4v) is 4.01. The first-order chi connectivity index (χ1) is 15.0. The second-order valence-electron chi connectivity index (χ2n) is 9.97. The number of hydrogen-bond acceptors (Lipinski definition) is 4. The molecule has 1 saturated carbocycles. The zero-order chi connectivity index (χ0) is 23.9. The molecule has 32 heavy (non-hydrogen) atoms. The Morgan fingerprint density at radius 3 is 2.16 bits per heavy atom. The molecule has 1 aliphatic carbocycles. The lowest BCUT2D eigenvalue weighted by Crippen LogP contribution is -2.54. The number of nitrogens with zero attached hydrogens (tertiary/aromatic N) is 1. The van der Waals surface area contributed by atoms with Crippen LogP contribution in [0.15, 0.2) is 30.3 Å². The van der Waals surface area contributed by atoms with Gasteiger partial charge in [-0.15, -0.1) is 0 Å².